The SMILES string of the molecule is N#Cc1cc(F)c(Oc2cc(F)c(N)cc2F)c(F)c1. The predicted octanol–water partition coefficient (Wildman–Crippen LogP) is 3.49. The highest BCUT2D eigenvalue weighted by molar-refractivity contribution is 5.46. The van der Waals surface area contributed by atoms with Gasteiger partial charge in [-0.2, -0.15) is 5.26 Å². The van der Waals surface area contributed by atoms with Gasteiger partial charge in [-0.15, -0.1) is 0 Å². The molecule has 0 atom stereocenters. The lowest BCUT2D eigenvalue weighted by Gasteiger charge is -2.10. The van der Waals surface area contributed by atoms with Crippen LogP contribution in [0.5, 0.6) is 11.5 Å². The second-order valence-corrected chi connectivity index (χ2v) is 3.79. The van der Waals surface area contributed by atoms with Crippen molar-refractivity contribution in [2.75, 3.05) is 5.73 Å². The quantitative estimate of drug-likeness (QED) is 0.677. The molecule has 0 aliphatic heterocycles. The Morgan fingerprint density at radius 3 is 2.05 bits per heavy atom. The van der Waals surface area contributed by atoms with E-state index in [0.29, 0.717) is 24.3 Å². The van der Waals surface area contributed by atoms with E-state index < -0.39 is 40.5 Å². The molecule has 0 radical (unpaired) electrons. The van der Waals surface area contributed by atoms with Crippen molar-refractivity contribution in [2.45, 2.75) is 0 Å². The van der Waals surface area contributed by atoms with Gasteiger partial charge in [-0.25, -0.2) is 17.6 Å². The van der Waals surface area contributed by atoms with Crippen molar-refractivity contribution in [3.05, 3.63) is 53.1 Å². The zero-order valence-corrected chi connectivity index (χ0v) is 9.75. The number of anilines is 1. The van der Waals surface area contributed by atoms with Crippen LogP contribution in [0, 0.1) is 34.6 Å². The van der Waals surface area contributed by atoms with E-state index in [1.165, 1.54) is 0 Å². The lowest BCUT2D eigenvalue weighted by Crippen LogP contribution is -1.99. The van der Waals surface area contributed by atoms with Crippen LogP contribution in [-0.4, -0.2) is 0 Å². The molecule has 7 heteroatoms. The van der Waals surface area contributed by atoms with Gasteiger partial charge in [0.05, 0.1) is 17.3 Å². The zero-order chi connectivity index (χ0) is 14.9. The maximum atomic E-state index is 13.5. The average molecular weight is 282 g/mol. The van der Waals surface area contributed by atoms with Gasteiger partial charge in [0.25, 0.3) is 0 Å². The van der Waals surface area contributed by atoms with Crippen LogP contribution < -0.4 is 10.5 Å². The number of benzene rings is 2. The Morgan fingerprint density at radius 2 is 1.50 bits per heavy atom. The van der Waals surface area contributed by atoms with Crippen molar-refractivity contribution in [3.8, 4) is 17.6 Å². The molecule has 0 amide bonds. The van der Waals surface area contributed by atoms with Gasteiger partial charge in [-0.05, 0) is 12.1 Å². The van der Waals surface area contributed by atoms with Crippen molar-refractivity contribution < 1.29 is 22.3 Å². The van der Waals surface area contributed by atoms with Gasteiger partial charge < -0.3 is 10.5 Å². The normalized spacial score (nSPS) is 10.2. The van der Waals surface area contributed by atoms with Crippen molar-refractivity contribution in [1.29, 1.82) is 5.26 Å². The van der Waals surface area contributed by atoms with Crippen LogP contribution in [0.4, 0.5) is 23.2 Å². The first-order chi connectivity index (χ1) is 9.42. The van der Waals surface area contributed by atoms with Gasteiger partial charge in [0.15, 0.2) is 29.0 Å². The van der Waals surface area contributed by atoms with Gasteiger partial charge in [-0.1, -0.05) is 0 Å². The molecular weight excluding hydrogens is 276 g/mol. The molecule has 2 rings (SSSR count). The molecule has 3 nitrogen and oxygen atoms in total. The number of rotatable bonds is 2. The van der Waals surface area contributed by atoms with Crippen molar-refractivity contribution in [3.63, 3.8) is 0 Å². The van der Waals surface area contributed by atoms with Gasteiger partial charge in [-0.3, -0.25) is 0 Å². The highest BCUT2D eigenvalue weighted by Crippen LogP contribution is 2.31. The number of nitrogens with two attached hydrogens (primary N) is 1. The molecule has 2 aromatic rings. The van der Waals surface area contributed by atoms with Crippen molar-refractivity contribution in [1.82, 2.24) is 0 Å². The standard InChI is InChI=1S/C13H6F4N2O/c14-7-4-12(8(15)3-11(7)19)20-13-9(16)1-6(5-18)2-10(13)17/h1-4H,19H2. The molecule has 0 aliphatic carbocycles. The lowest BCUT2D eigenvalue weighted by molar-refractivity contribution is 0.384. The highest BCUT2D eigenvalue weighted by atomic mass is 19.1. The number of ether oxygens (including phenoxy) is 1. The van der Waals surface area contributed by atoms with Crippen LogP contribution in [0.25, 0.3) is 0 Å². The first kappa shape index (κ1) is 13.7. The summed E-state index contributed by atoms with van der Waals surface area (Å²) in [6.07, 6.45) is 0. The lowest BCUT2D eigenvalue weighted by atomic mass is 10.2. The second-order valence-electron chi connectivity index (χ2n) is 3.79. The minimum absolute atomic E-state index is 0.267. The number of halogens is 4. The van der Waals surface area contributed by atoms with Crippen molar-refractivity contribution >= 4 is 5.69 Å². The van der Waals surface area contributed by atoms with E-state index in [4.69, 9.17) is 11.0 Å². The van der Waals surface area contributed by atoms with E-state index in [9.17, 15) is 17.6 Å². The maximum absolute atomic E-state index is 13.5. The predicted molar refractivity (Wildman–Crippen MR) is 61.9 cm³/mol. The van der Waals surface area contributed by atoms with Gasteiger partial charge in [0, 0.05) is 12.1 Å². The zero-order valence-electron chi connectivity index (χ0n) is 9.75. The van der Waals surface area contributed by atoms with E-state index >= 15 is 0 Å². The number of hydrogen-bond acceptors (Lipinski definition) is 3. The molecule has 20 heavy (non-hydrogen) atoms. The minimum atomic E-state index is -1.21. The van der Waals surface area contributed by atoms with E-state index in [2.05, 4.69) is 4.74 Å². The maximum Gasteiger partial charge on any atom is 0.198 e. The Morgan fingerprint density at radius 1 is 0.900 bits per heavy atom. The number of nitrogen functional groups attached to an aromatic ring is 1. The fourth-order valence-electron chi connectivity index (χ4n) is 1.45. The fourth-order valence-corrected chi connectivity index (χ4v) is 1.45. The highest BCUT2D eigenvalue weighted by Gasteiger charge is 2.17. The Kier molecular flexibility index (Phi) is 3.48. The average Bonchev–Trinajstić information content (AvgIpc) is 2.39. The van der Waals surface area contributed by atoms with Crippen LogP contribution in [0.2, 0.25) is 0 Å². The van der Waals surface area contributed by atoms with E-state index in [1.807, 2.05) is 0 Å². The molecule has 0 spiro atoms. The van der Waals surface area contributed by atoms with E-state index in [-0.39, 0.29) is 5.56 Å². The Balaban J connectivity index is 2.46. The van der Waals surface area contributed by atoms with Crippen LogP contribution in [0.1, 0.15) is 5.56 Å². The van der Waals surface area contributed by atoms with Crippen LogP contribution in [0.15, 0.2) is 24.3 Å². The Hall–Kier alpha value is -2.75. The second kappa shape index (κ2) is 5.09. The van der Waals surface area contributed by atoms with Crippen molar-refractivity contribution in [2.24, 2.45) is 0 Å². The summed E-state index contributed by atoms with van der Waals surface area (Å²) in [5.74, 6) is -6.15. The summed E-state index contributed by atoms with van der Waals surface area (Å²) in [6.45, 7) is 0. The third kappa shape index (κ3) is 2.49. The van der Waals surface area contributed by atoms with E-state index in [1.54, 1.807) is 6.07 Å². The third-order valence-electron chi connectivity index (χ3n) is 2.39. The molecule has 0 unspecified atom stereocenters. The molecule has 2 aromatic carbocycles. The number of nitriles is 1. The Labute approximate surface area is 110 Å². The third-order valence-corrected chi connectivity index (χ3v) is 2.39. The molecule has 2 N–H and O–H groups in total. The fraction of sp³-hybridized carbons (Fsp3) is 0. The summed E-state index contributed by atoms with van der Waals surface area (Å²) >= 11 is 0. The summed E-state index contributed by atoms with van der Waals surface area (Å²) in [4.78, 5) is 0. The first-order valence-corrected chi connectivity index (χ1v) is 5.24. The van der Waals surface area contributed by atoms with E-state index in [0.717, 1.165) is 0 Å². The minimum Gasteiger partial charge on any atom is -0.448 e. The molecule has 102 valence electrons. The molecule has 0 fully saturated rings. The van der Waals surface area contributed by atoms with Crippen LogP contribution in [-0.2, 0) is 0 Å². The van der Waals surface area contributed by atoms with Gasteiger partial charge in [0.2, 0.25) is 0 Å². The smallest absolute Gasteiger partial charge is 0.198 e. The first-order valence-electron chi connectivity index (χ1n) is 5.24. The molecule has 0 aromatic heterocycles. The number of nitrogens with zero attached hydrogens (tertiary/aromatic N) is 1. The summed E-state index contributed by atoms with van der Waals surface area (Å²) in [5, 5.41) is 8.53. The summed E-state index contributed by atoms with van der Waals surface area (Å²) in [5.41, 5.74) is 4.40. The monoisotopic (exact) mass is 282 g/mol. The largest absolute Gasteiger partial charge is 0.448 e. The topological polar surface area (TPSA) is 59.0 Å². The van der Waals surface area contributed by atoms with Gasteiger partial charge in [0.1, 0.15) is 5.82 Å². The molecule has 0 saturated heterocycles. The molecule has 0 aliphatic rings. The molecule has 0 saturated carbocycles. The summed E-state index contributed by atoms with van der Waals surface area (Å²) in [6, 6.07) is 4.17. The molecular formula is C13H6F4N2O. The molecule has 0 bridgehead atoms. The number of hydrogen-bond donors (Lipinski definition) is 1. The van der Waals surface area contributed by atoms with Crippen LogP contribution >= 0.6 is 0 Å². The van der Waals surface area contributed by atoms with Gasteiger partial charge >= 0.3 is 0 Å². The molecule has 0 heterocycles. The summed E-state index contributed by atoms with van der Waals surface area (Å²) in [7, 11) is 0. The Bertz CT molecular complexity index is 702. The summed E-state index contributed by atoms with van der Waals surface area (Å²) < 4.78 is 58.4. The van der Waals surface area contributed by atoms with Crippen LogP contribution in [0.3, 0.4) is 0 Å².